The fourth-order valence-electron chi connectivity index (χ4n) is 2.52. The van der Waals surface area contributed by atoms with Gasteiger partial charge in [-0.1, -0.05) is 0 Å². The van der Waals surface area contributed by atoms with Gasteiger partial charge in [0.15, 0.2) is 5.69 Å². The molecule has 7 nitrogen and oxygen atoms in total. The minimum absolute atomic E-state index is 0.0478. The second-order valence-electron chi connectivity index (χ2n) is 4.79. The van der Waals surface area contributed by atoms with Crippen LogP contribution in [0.4, 0.5) is 11.4 Å². The molecule has 1 fully saturated rings. The van der Waals surface area contributed by atoms with E-state index in [0.29, 0.717) is 17.8 Å². The number of hydrogen-bond donors (Lipinski definition) is 4. The number of likely N-dealkylation sites (tertiary alicyclic amines) is 1. The van der Waals surface area contributed by atoms with E-state index in [0.717, 1.165) is 12.8 Å². The highest BCUT2D eigenvalue weighted by atomic mass is 16.8. The van der Waals surface area contributed by atoms with Gasteiger partial charge in [-0.05, 0) is 18.9 Å². The standard InChI is InChI=1S/C13H19N3O4/c1-14-12-7-9(16(19)20)4-5-11(12)13(18)15-6-2-3-10(15)8-17/h4-5,7,10,14,16-17,19H,2-3,6,8H2,1H3. The van der Waals surface area contributed by atoms with E-state index in [-0.39, 0.29) is 24.2 Å². The average Bonchev–Trinajstić information content (AvgIpc) is 2.94. The van der Waals surface area contributed by atoms with Crippen molar-refractivity contribution in [3.8, 4) is 0 Å². The molecule has 1 aliphatic heterocycles. The number of carbonyl (C=O) groups is 1. The van der Waals surface area contributed by atoms with Gasteiger partial charge < -0.3 is 20.5 Å². The van der Waals surface area contributed by atoms with Gasteiger partial charge in [0.05, 0.1) is 23.9 Å². The maximum atomic E-state index is 12.5. The summed E-state index contributed by atoms with van der Waals surface area (Å²) >= 11 is 0. The van der Waals surface area contributed by atoms with E-state index in [1.165, 1.54) is 18.2 Å². The Hall–Kier alpha value is -1.67. The Morgan fingerprint density at radius 2 is 2.35 bits per heavy atom. The topological polar surface area (TPSA) is 100 Å². The van der Waals surface area contributed by atoms with Crippen LogP contribution in [0.3, 0.4) is 0 Å². The van der Waals surface area contributed by atoms with Crippen molar-refractivity contribution in [2.45, 2.75) is 18.9 Å². The Balaban J connectivity index is 2.29. The van der Waals surface area contributed by atoms with Gasteiger partial charge in [0.25, 0.3) is 5.91 Å². The van der Waals surface area contributed by atoms with Gasteiger partial charge in [0, 0.05) is 25.7 Å². The van der Waals surface area contributed by atoms with E-state index in [9.17, 15) is 15.1 Å². The zero-order chi connectivity index (χ0) is 14.7. The van der Waals surface area contributed by atoms with Crippen molar-refractivity contribution < 1.29 is 20.3 Å². The molecule has 0 spiro atoms. The number of aliphatic hydroxyl groups is 1. The zero-order valence-electron chi connectivity index (χ0n) is 11.3. The van der Waals surface area contributed by atoms with Gasteiger partial charge in [0.1, 0.15) is 0 Å². The van der Waals surface area contributed by atoms with E-state index in [1.807, 2.05) is 0 Å². The summed E-state index contributed by atoms with van der Waals surface area (Å²) in [6.45, 7) is 0.571. The van der Waals surface area contributed by atoms with Crippen LogP contribution in [-0.2, 0) is 0 Å². The molecule has 0 saturated carbocycles. The highest BCUT2D eigenvalue weighted by molar-refractivity contribution is 6.00. The number of anilines is 1. The van der Waals surface area contributed by atoms with E-state index in [2.05, 4.69) is 5.32 Å². The van der Waals surface area contributed by atoms with E-state index in [1.54, 1.807) is 11.9 Å². The largest absolute Gasteiger partial charge is 0.595 e. The Morgan fingerprint density at radius 3 is 2.95 bits per heavy atom. The molecule has 1 aromatic carbocycles. The van der Waals surface area contributed by atoms with Gasteiger partial charge in [0.2, 0.25) is 0 Å². The summed E-state index contributed by atoms with van der Waals surface area (Å²) in [5.41, 5.74) is 1.04. The number of carbonyl (C=O) groups excluding carboxylic acids is 1. The molecule has 1 aromatic rings. The molecule has 1 heterocycles. The fourth-order valence-corrected chi connectivity index (χ4v) is 2.52. The summed E-state index contributed by atoms with van der Waals surface area (Å²) in [6.07, 6.45) is 1.67. The number of nitrogens with one attached hydrogen (secondary N) is 2. The number of benzene rings is 1. The molecule has 4 N–H and O–H groups in total. The molecule has 1 amide bonds. The lowest BCUT2D eigenvalue weighted by Gasteiger charge is -2.24. The predicted octanol–water partition coefficient (Wildman–Crippen LogP) is -0.271. The van der Waals surface area contributed by atoms with Crippen LogP contribution in [0.2, 0.25) is 0 Å². The molecule has 20 heavy (non-hydrogen) atoms. The van der Waals surface area contributed by atoms with E-state index in [4.69, 9.17) is 5.21 Å². The van der Waals surface area contributed by atoms with E-state index >= 15 is 0 Å². The zero-order valence-corrected chi connectivity index (χ0v) is 11.3. The van der Waals surface area contributed by atoms with Crippen LogP contribution in [0.5, 0.6) is 0 Å². The normalized spacial score (nSPS) is 20.0. The van der Waals surface area contributed by atoms with Crippen LogP contribution in [0.1, 0.15) is 23.2 Å². The molecule has 1 saturated heterocycles. The molecular weight excluding hydrogens is 262 g/mol. The SMILES string of the molecule is CNc1cc([NH+]([O-])O)ccc1C(=O)N1CCCC1CO. The summed E-state index contributed by atoms with van der Waals surface area (Å²) in [5, 5.41) is 31.0. The van der Waals surface area contributed by atoms with Crippen molar-refractivity contribution >= 4 is 17.3 Å². The highest BCUT2D eigenvalue weighted by Crippen LogP contribution is 2.25. The molecule has 2 atom stereocenters. The van der Waals surface area contributed by atoms with Crippen LogP contribution < -0.4 is 10.5 Å². The smallest absolute Gasteiger partial charge is 0.256 e. The second kappa shape index (κ2) is 6.19. The summed E-state index contributed by atoms with van der Waals surface area (Å²) < 4.78 is 0. The minimum Gasteiger partial charge on any atom is -0.595 e. The summed E-state index contributed by atoms with van der Waals surface area (Å²) in [4.78, 5) is 14.2. The summed E-state index contributed by atoms with van der Waals surface area (Å²) in [6, 6.07) is 4.23. The second-order valence-corrected chi connectivity index (χ2v) is 4.79. The Kier molecular flexibility index (Phi) is 4.56. The van der Waals surface area contributed by atoms with Crippen LogP contribution in [0.15, 0.2) is 18.2 Å². The van der Waals surface area contributed by atoms with Crippen LogP contribution in [-0.4, -0.2) is 47.4 Å². The maximum Gasteiger partial charge on any atom is 0.256 e. The van der Waals surface area contributed by atoms with Crippen molar-refractivity contribution in [1.82, 2.24) is 4.90 Å². The number of amides is 1. The lowest BCUT2D eigenvalue weighted by molar-refractivity contribution is -0.991. The lowest BCUT2D eigenvalue weighted by Crippen LogP contribution is -2.99. The van der Waals surface area contributed by atoms with Gasteiger partial charge in [-0.15, -0.1) is 0 Å². The van der Waals surface area contributed by atoms with Crippen molar-refractivity contribution in [3.63, 3.8) is 0 Å². The summed E-state index contributed by atoms with van der Waals surface area (Å²) in [5.74, 6) is -0.178. The van der Waals surface area contributed by atoms with Crippen LogP contribution in [0, 0.1) is 5.21 Å². The molecule has 0 aromatic heterocycles. The van der Waals surface area contributed by atoms with Gasteiger partial charge in [-0.3, -0.25) is 4.79 Å². The highest BCUT2D eigenvalue weighted by Gasteiger charge is 2.30. The number of nitrogens with zero attached hydrogens (tertiary/aromatic N) is 1. The fraction of sp³-hybridized carbons (Fsp3) is 0.462. The first-order valence-corrected chi connectivity index (χ1v) is 6.55. The van der Waals surface area contributed by atoms with Crippen molar-refractivity contribution in [2.24, 2.45) is 0 Å². The molecule has 110 valence electrons. The molecule has 2 rings (SSSR count). The lowest BCUT2D eigenvalue weighted by atomic mass is 10.1. The van der Waals surface area contributed by atoms with Crippen molar-refractivity contribution in [1.29, 1.82) is 0 Å². The van der Waals surface area contributed by atoms with Gasteiger partial charge in [-0.2, -0.15) is 5.23 Å². The Labute approximate surface area is 117 Å². The molecule has 1 aliphatic rings. The number of aliphatic hydroxyl groups excluding tert-OH is 1. The molecule has 2 unspecified atom stereocenters. The molecule has 0 radical (unpaired) electrons. The van der Waals surface area contributed by atoms with Gasteiger partial charge >= 0.3 is 0 Å². The maximum absolute atomic E-state index is 12.5. The quantitative estimate of drug-likeness (QED) is 0.569. The van der Waals surface area contributed by atoms with E-state index < -0.39 is 5.23 Å². The van der Waals surface area contributed by atoms with Crippen molar-refractivity contribution in [2.75, 3.05) is 25.5 Å². The molecule has 0 aliphatic carbocycles. The third kappa shape index (κ3) is 2.75. The predicted molar refractivity (Wildman–Crippen MR) is 72.9 cm³/mol. The van der Waals surface area contributed by atoms with Crippen LogP contribution in [0.25, 0.3) is 0 Å². The molecule has 0 bridgehead atoms. The number of hydrogen-bond acceptors (Lipinski definition) is 5. The summed E-state index contributed by atoms with van der Waals surface area (Å²) in [7, 11) is 1.64. The Bertz CT molecular complexity index is 493. The molecular formula is C13H19N3O4. The first kappa shape index (κ1) is 14.7. The average molecular weight is 281 g/mol. The third-order valence-corrected chi connectivity index (χ3v) is 3.62. The minimum atomic E-state index is -1.03. The van der Waals surface area contributed by atoms with Gasteiger partial charge in [-0.25, -0.2) is 5.21 Å². The number of rotatable bonds is 4. The van der Waals surface area contributed by atoms with Crippen LogP contribution >= 0.6 is 0 Å². The number of quaternary nitrogens is 1. The first-order valence-electron chi connectivity index (χ1n) is 6.55. The Morgan fingerprint density at radius 1 is 1.60 bits per heavy atom. The first-order chi connectivity index (χ1) is 9.58. The van der Waals surface area contributed by atoms with Crippen molar-refractivity contribution in [3.05, 3.63) is 29.0 Å². The monoisotopic (exact) mass is 281 g/mol. The molecule has 7 heteroatoms. The third-order valence-electron chi connectivity index (χ3n) is 3.62.